The van der Waals surface area contributed by atoms with Crippen LogP contribution in [0.1, 0.15) is 51.6 Å². The summed E-state index contributed by atoms with van der Waals surface area (Å²) in [6.07, 6.45) is 2.12. The Balaban J connectivity index is 1.90. The standard InChI is InChI=1S/C18H24N2O3S2/c1-18(2,3)19-16(22)15(11-6-7-24-9-11)20(13-4-5-13)17(23)12-8-14(21)25-10-12/h6-7,9,12-13,15H,4-5,8,10H2,1-3H3,(H,19,22)/t12-,15-/m0/s1. The maximum Gasteiger partial charge on any atom is 0.247 e. The predicted molar refractivity (Wildman–Crippen MR) is 100 cm³/mol. The highest BCUT2D eigenvalue weighted by Crippen LogP contribution is 2.39. The van der Waals surface area contributed by atoms with Crippen molar-refractivity contribution in [1.82, 2.24) is 10.2 Å². The Labute approximate surface area is 156 Å². The van der Waals surface area contributed by atoms with Crippen LogP contribution < -0.4 is 5.32 Å². The molecule has 2 amide bonds. The normalized spacial score (nSPS) is 21.9. The molecule has 136 valence electrons. The fourth-order valence-electron chi connectivity index (χ4n) is 3.06. The van der Waals surface area contributed by atoms with Gasteiger partial charge in [0.1, 0.15) is 6.04 Å². The smallest absolute Gasteiger partial charge is 0.247 e. The van der Waals surface area contributed by atoms with Crippen LogP contribution in [0.5, 0.6) is 0 Å². The van der Waals surface area contributed by atoms with Crippen molar-refractivity contribution in [2.45, 2.75) is 57.7 Å². The number of thiophene rings is 1. The quantitative estimate of drug-likeness (QED) is 0.853. The second kappa shape index (κ2) is 7.11. The first-order valence-corrected chi connectivity index (χ1v) is 10.5. The van der Waals surface area contributed by atoms with Gasteiger partial charge < -0.3 is 10.2 Å². The van der Waals surface area contributed by atoms with Crippen molar-refractivity contribution < 1.29 is 14.4 Å². The lowest BCUT2D eigenvalue weighted by atomic mass is 10.0. The average Bonchev–Trinajstić information content (AvgIpc) is 3.02. The molecular weight excluding hydrogens is 356 g/mol. The third-order valence-corrected chi connectivity index (χ3v) is 6.05. The van der Waals surface area contributed by atoms with Crippen molar-refractivity contribution in [3.8, 4) is 0 Å². The molecule has 1 saturated carbocycles. The number of thioether (sulfide) groups is 1. The van der Waals surface area contributed by atoms with E-state index in [1.165, 1.54) is 23.1 Å². The maximum absolute atomic E-state index is 13.2. The van der Waals surface area contributed by atoms with E-state index < -0.39 is 6.04 Å². The first-order chi connectivity index (χ1) is 11.8. The van der Waals surface area contributed by atoms with Gasteiger partial charge in [0.05, 0.1) is 5.92 Å². The largest absolute Gasteiger partial charge is 0.349 e. The molecule has 1 aromatic rings. The maximum atomic E-state index is 13.2. The highest BCUT2D eigenvalue weighted by atomic mass is 32.2. The molecular formula is C18H24N2O3S2. The highest BCUT2D eigenvalue weighted by molar-refractivity contribution is 8.14. The Kier molecular flexibility index (Phi) is 5.25. The van der Waals surface area contributed by atoms with E-state index >= 15 is 0 Å². The van der Waals surface area contributed by atoms with E-state index in [-0.39, 0.29) is 40.8 Å². The van der Waals surface area contributed by atoms with Gasteiger partial charge in [-0.05, 0) is 56.0 Å². The van der Waals surface area contributed by atoms with Gasteiger partial charge in [0, 0.05) is 23.8 Å². The highest BCUT2D eigenvalue weighted by Gasteiger charge is 2.45. The van der Waals surface area contributed by atoms with Crippen molar-refractivity contribution in [3.63, 3.8) is 0 Å². The van der Waals surface area contributed by atoms with E-state index in [9.17, 15) is 14.4 Å². The minimum atomic E-state index is -0.619. The van der Waals surface area contributed by atoms with Crippen molar-refractivity contribution >= 4 is 40.0 Å². The lowest BCUT2D eigenvalue weighted by molar-refractivity contribution is -0.145. The number of hydrogen-bond acceptors (Lipinski definition) is 5. The summed E-state index contributed by atoms with van der Waals surface area (Å²) in [5.74, 6) is 0.0175. The molecule has 1 aliphatic heterocycles. The predicted octanol–water partition coefficient (Wildman–Crippen LogP) is 2.97. The Hall–Kier alpha value is -1.34. The second-order valence-corrected chi connectivity index (χ2v) is 9.62. The molecule has 2 atom stereocenters. The molecule has 3 rings (SSSR count). The molecule has 1 aromatic heterocycles. The van der Waals surface area contributed by atoms with E-state index in [0.29, 0.717) is 5.75 Å². The number of rotatable bonds is 5. The SMILES string of the molecule is CC(C)(C)NC(=O)[C@H](c1ccsc1)N(C(=O)[C@@H]1CSC(=O)C1)C1CC1. The van der Waals surface area contributed by atoms with Crippen molar-refractivity contribution in [2.75, 3.05) is 5.75 Å². The lowest BCUT2D eigenvalue weighted by Gasteiger charge is -2.34. The topological polar surface area (TPSA) is 66.5 Å². The van der Waals surface area contributed by atoms with Gasteiger partial charge in [-0.2, -0.15) is 11.3 Å². The molecule has 1 aliphatic carbocycles. The zero-order valence-corrected chi connectivity index (χ0v) is 16.4. The number of nitrogens with zero attached hydrogens (tertiary/aromatic N) is 1. The fraction of sp³-hybridized carbons (Fsp3) is 0.611. The van der Waals surface area contributed by atoms with Gasteiger partial charge in [-0.25, -0.2) is 0 Å². The van der Waals surface area contributed by atoms with Gasteiger partial charge in [-0.3, -0.25) is 14.4 Å². The molecule has 1 saturated heterocycles. The lowest BCUT2D eigenvalue weighted by Crippen LogP contribution is -2.51. The van der Waals surface area contributed by atoms with E-state index in [2.05, 4.69) is 5.32 Å². The van der Waals surface area contributed by atoms with Gasteiger partial charge in [-0.15, -0.1) is 0 Å². The Morgan fingerprint density at radius 3 is 2.52 bits per heavy atom. The molecule has 1 N–H and O–H groups in total. The average molecular weight is 381 g/mol. The van der Waals surface area contributed by atoms with Crippen LogP contribution in [0.3, 0.4) is 0 Å². The fourth-order valence-corrected chi connectivity index (χ4v) is 4.70. The monoisotopic (exact) mass is 380 g/mol. The van der Waals surface area contributed by atoms with Crippen molar-refractivity contribution in [2.24, 2.45) is 5.92 Å². The molecule has 0 spiro atoms. The van der Waals surface area contributed by atoms with Gasteiger partial charge in [-0.1, -0.05) is 11.8 Å². The minimum Gasteiger partial charge on any atom is -0.349 e. The van der Waals surface area contributed by atoms with Gasteiger partial charge >= 0.3 is 0 Å². The minimum absolute atomic E-state index is 0.0545. The third-order valence-electron chi connectivity index (χ3n) is 4.29. The summed E-state index contributed by atoms with van der Waals surface area (Å²) in [6.45, 7) is 5.81. The van der Waals surface area contributed by atoms with E-state index in [0.717, 1.165) is 18.4 Å². The van der Waals surface area contributed by atoms with Gasteiger partial charge in [0.25, 0.3) is 0 Å². The Morgan fingerprint density at radius 2 is 2.04 bits per heavy atom. The first kappa shape index (κ1) is 18.5. The molecule has 2 aliphatic rings. The summed E-state index contributed by atoms with van der Waals surface area (Å²) in [4.78, 5) is 39.6. The Morgan fingerprint density at radius 1 is 1.32 bits per heavy atom. The van der Waals surface area contributed by atoms with Crippen molar-refractivity contribution in [3.05, 3.63) is 22.4 Å². The molecule has 5 nitrogen and oxygen atoms in total. The second-order valence-electron chi connectivity index (χ2n) is 7.76. The van der Waals surface area contributed by atoms with Crippen LogP contribution in [0.25, 0.3) is 0 Å². The molecule has 0 aromatic carbocycles. The Bertz CT molecular complexity index is 662. The van der Waals surface area contributed by atoms with E-state index in [1.807, 2.05) is 37.6 Å². The summed E-state index contributed by atoms with van der Waals surface area (Å²) < 4.78 is 0. The molecule has 25 heavy (non-hydrogen) atoms. The summed E-state index contributed by atoms with van der Waals surface area (Å²) >= 11 is 2.75. The molecule has 2 heterocycles. The van der Waals surface area contributed by atoms with Gasteiger partial charge in [0.15, 0.2) is 5.12 Å². The van der Waals surface area contributed by atoms with E-state index in [1.54, 1.807) is 4.90 Å². The van der Waals surface area contributed by atoms with Crippen LogP contribution in [0.4, 0.5) is 0 Å². The van der Waals surface area contributed by atoms with Gasteiger partial charge in [0.2, 0.25) is 11.8 Å². The molecule has 7 heteroatoms. The summed E-state index contributed by atoms with van der Waals surface area (Å²) in [7, 11) is 0. The third kappa shape index (κ3) is 4.44. The number of amides is 2. The zero-order chi connectivity index (χ0) is 18.2. The van der Waals surface area contributed by atoms with Crippen LogP contribution in [-0.4, -0.2) is 39.2 Å². The summed E-state index contributed by atoms with van der Waals surface area (Å²) in [6, 6.07) is 1.39. The van der Waals surface area contributed by atoms with Crippen molar-refractivity contribution in [1.29, 1.82) is 0 Å². The molecule has 0 unspecified atom stereocenters. The molecule has 0 bridgehead atoms. The molecule has 0 radical (unpaired) electrons. The summed E-state index contributed by atoms with van der Waals surface area (Å²) in [5, 5.41) is 6.96. The zero-order valence-electron chi connectivity index (χ0n) is 14.8. The number of carbonyl (C=O) groups excluding carboxylic acids is 3. The van der Waals surface area contributed by atoms with Crippen LogP contribution in [0, 0.1) is 5.92 Å². The van der Waals surface area contributed by atoms with E-state index in [4.69, 9.17) is 0 Å². The molecule has 2 fully saturated rings. The number of nitrogens with one attached hydrogen (secondary N) is 1. The summed E-state index contributed by atoms with van der Waals surface area (Å²) in [5.41, 5.74) is 0.479. The van der Waals surface area contributed by atoms with Crippen LogP contribution >= 0.6 is 23.1 Å². The number of hydrogen-bond donors (Lipinski definition) is 1. The number of carbonyl (C=O) groups is 3. The van der Waals surface area contributed by atoms with Crippen LogP contribution in [-0.2, 0) is 14.4 Å². The first-order valence-electron chi connectivity index (χ1n) is 8.58. The van der Waals surface area contributed by atoms with Crippen LogP contribution in [0.15, 0.2) is 16.8 Å². The van der Waals surface area contributed by atoms with Crippen LogP contribution in [0.2, 0.25) is 0 Å².